The fraction of sp³-hybridized carbons (Fsp3) is 0. The number of aromatic nitrogens is 3. The highest BCUT2D eigenvalue weighted by molar-refractivity contribution is 7.56. The van der Waals surface area contributed by atoms with Crippen molar-refractivity contribution in [2.24, 2.45) is 0 Å². The number of pyridine rings is 1. The number of phenols is 1. The van der Waals surface area contributed by atoms with E-state index in [1.807, 2.05) is 0 Å². The van der Waals surface area contributed by atoms with Gasteiger partial charge in [0.05, 0.1) is 28.4 Å². The van der Waals surface area contributed by atoms with Crippen LogP contribution < -0.4 is 25.4 Å². The van der Waals surface area contributed by atoms with Gasteiger partial charge in [0.2, 0.25) is 0 Å². The molecular weight excluding hydrogens is 629 g/mol. The van der Waals surface area contributed by atoms with Crippen LogP contribution >= 0.6 is 7.75 Å². The lowest BCUT2D eigenvalue weighted by atomic mass is 10.1. The molecule has 11 nitrogen and oxygen atoms in total. The van der Waals surface area contributed by atoms with E-state index in [1.54, 1.807) is 114 Å². The first-order chi connectivity index (χ1) is 23.3. The first-order valence-electron chi connectivity index (χ1n) is 14.6. The van der Waals surface area contributed by atoms with Gasteiger partial charge in [0.25, 0.3) is 5.56 Å². The third kappa shape index (κ3) is 5.87. The molecule has 2 aliphatic rings. The largest absolute Gasteiger partial charge is 0.541 e. The Morgan fingerprint density at radius 2 is 1.31 bits per heavy atom. The molecule has 2 N–H and O–H groups in total. The Kier molecular flexibility index (Phi) is 7.69. The van der Waals surface area contributed by atoms with E-state index in [-0.39, 0.29) is 22.8 Å². The van der Waals surface area contributed by atoms with Crippen LogP contribution in [0.25, 0.3) is 33.7 Å². The number of nitrogens with one attached hydrogen (secondary N) is 1. The Balaban J connectivity index is 1.29. The predicted molar refractivity (Wildman–Crippen MR) is 181 cm³/mol. The first kappa shape index (κ1) is 30.0. The molecule has 48 heavy (non-hydrogen) atoms. The van der Waals surface area contributed by atoms with Crippen molar-refractivity contribution in [3.8, 4) is 46.1 Å². The van der Waals surface area contributed by atoms with Crippen LogP contribution in [0.3, 0.4) is 0 Å². The number of para-hydroxylation sites is 2. The van der Waals surface area contributed by atoms with Crippen molar-refractivity contribution < 1.29 is 18.7 Å². The van der Waals surface area contributed by atoms with Crippen LogP contribution in [0.15, 0.2) is 143 Å². The van der Waals surface area contributed by atoms with Crippen LogP contribution in [0.5, 0.6) is 17.2 Å². The van der Waals surface area contributed by atoms with E-state index in [0.29, 0.717) is 39.3 Å². The Bertz CT molecular complexity index is 2410. The number of aromatic hydroxyl groups is 1. The zero-order valence-corrected chi connectivity index (χ0v) is 25.8. The molecule has 0 aliphatic carbocycles. The van der Waals surface area contributed by atoms with E-state index in [4.69, 9.17) is 9.05 Å². The number of rotatable bonds is 8. The Labute approximate surface area is 273 Å². The van der Waals surface area contributed by atoms with Gasteiger partial charge in [0, 0.05) is 11.4 Å². The van der Waals surface area contributed by atoms with Gasteiger partial charge in [-0.15, -0.1) is 0 Å². The van der Waals surface area contributed by atoms with Crippen LogP contribution in [-0.2, 0) is 4.57 Å². The summed E-state index contributed by atoms with van der Waals surface area (Å²) in [7, 11) is -4.02. The zero-order valence-electron chi connectivity index (χ0n) is 24.9. The maximum absolute atomic E-state index is 14.0. The molecule has 0 bridgehead atoms. The maximum atomic E-state index is 14.0. The van der Waals surface area contributed by atoms with Gasteiger partial charge in [-0.1, -0.05) is 42.5 Å². The number of nitriles is 1. The normalized spacial score (nSPS) is 11.2. The predicted octanol–water partition coefficient (Wildman–Crippen LogP) is 6.90. The van der Waals surface area contributed by atoms with Crippen molar-refractivity contribution in [1.29, 1.82) is 5.26 Å². The third-order valence-electron chi connectivity index (χ3n) is 7.42. The van der Waals surface area contributed by atoms with Gasteiger partial charge in [-0.05, 0) is 96.4 Å². The molecule has 2 aliphatic heterocycles. The average Bonchev–Trinajstić information content (AvgIpc) is 3.09. The number of anilines is 1. The van der Waals surface area contributed by atoms with Crippen molar-refractivity contribution >= 4 is 24.3 Å². The lowest BCUT2D eigenvalue weighted by Crippen LogP contribution is -2.36. The lowest BCUT2D eigenvalue weighted by Gasteiger charge is -2.21. The summed E-state index contributed by atoms with van der Waals surface area (Å²) in [5, 5.41) is 22.9. The Morgan fingerprint density at radius 3 is 1.92 bits per heavy atom. The number of phenolic OH excluding ortho intramolecular Hbond substituents is 1. The van der Waals surface area contributed by atoms with Crippen molar-refractivity contribution in [2.45, 2.75) is 0 Å². The smallest absolute Gasteiger partial charge is 0.508 e. The summed E-state index contributed by atoms with van der Waals surface area (Å²) in [6.45, 7) is 0. The van der Waals surface area contributed by atoms with Crippen molar-refractivity contribution in [3.63, 3.8) is 0 Å². The van der Waals surface area contributed by atoms with Crippen LogP contribution in [0, 0.1) is 11.3 Å². The molecule has 0 spiro atoms. The van der Waals surface area contributed by atoms with Crippen LogP contribution in [0.1, 0.15) is 5.56 Å². The standard InChI is InChI=1S/C36H24N5O6P/c37-23-24-11-12-25-22-32-34(40(33(25)21-24)27-17-19-29(42)20-18-27)38-36(44)41(35(32)43)28-15-13-26(14-16-28)39-48(45,46-30-7-3-1-4-8-30)47-31-9-5-2-6-10-31/h1-22,42H,(H,39,45). The summed E-state index contributed by atoms with van der Waals surface area (Å²) >= 11 is 0. The summed E-state index contributed by atoms with van der Waals surface area (Å²) in [5.74, 6) is 0.775. The minimum absolute atomic E-state index is 0.0361. The molecule has 0 aromatic heterocycles. The molecule has 5 aromatic carbocycles. The number of hydrogen-bond donors (Lipinski definition) is 2. The van der Waals surface area contributed by atoms with E-state index in [9.17, 15) is 24.5 Å². The summed E-state index contributed by atoms with van der Waals surface area (Å²) in [6.07, 6.45) is 0. The first-order valence-corrected chi connectivity index (χ1v) is 16.1. The highest BCUT2D eigenvalue weighted by atomic mass is 31.2. The number of nitrogens with zero attached hydrogens (tertiary/aromatic N) is 4. The minimum atomic E-state index is -4.02. The van der Waals surface area contributed by atoms with Crippen molar-refractivity contribution in [3.05, 3.63) is 160 Å². The SMILES string of the molecule is N#Cc1ccc2cc3c(=O)n(-c4ccc(NP(=O)(Oc5ccccc5)Oc5ccccc5)cc4)c(=O)nc-3n(-c3ccc(O)cc3)c2c1. The fourth-order valence-corrected chi connectivity index (χ4v) is 6.63. The van der Waals surface area contributed by atoms with Gasteiger partial charge >= 0.3 is 13.4 Å². The number of benzene rings is 5. The molecule has 5 aromatic rings. The molecule has 0 unspecified atom stereocenters. The molecule has 234 valence electrons. The molecule has 7 rings (SSSR count). The molecule has 0 atom stereocenters. The average molecular weight is 654 g/mol. The second kappa shape index (κ2) is 12.3. The second-order valence-corrected chi connectivity index (χ2v) is 12.2. The topological polar surface area (TPSA) is 148 Å². The molecule has 12 heteroatoms. The number of fused-ring (bicyclic) bond motifs is 2. The molecule has 0 saturated carbocycles. The van der Waals surface area contributed by atoms with Crippen LogP contribution in [-0.4, -0.2) is 19.2 Å². The third-order valence-corrected chi connectivity index (χ3v) is 8.85. The summed E-state index contributed by atoms with van der Waals surface area (Å²) in [6, 6.07) is 38.2. The van der Waals surface area contributed by atoms with Crippen molar-refractivity contribution in [2.75, 3.05) is 5.09 Å². The van der Waals surface area contributed by atoms with E-state index in [0.717, 1.165) is 4.57 Å². The monoisotopic (exact) mass is 653 g/mol. The van der Waals surface area contributed by atoms with Crippen LogP contribution in [0.4, 0.5) is 5.69 Å². The molecule has 0 saturated heterocycles. The molecule has 2 heterocycles. The minimum Gasteiger partial charge on any atom is -0.508 e. The maximum Gasteiger partial charge on any atom is 0.541 e. The molecule has 0 radical (unpaired) electrons. The molecule has 0 fully saturated rings. The van der Waals surface area contributed by atoms with Crippen molar-refractivity contribution in [1.82, 2.24) is 14.1 Å². The highest BCUT2D eigenvalue weighted by Crippen LogP contribution is 2.48. The number of hydrogen-bond acceptors (Lipinski definition) is 8. The molecular formula is C36H24N5O6P. The summed E-state index contributed by atoms with van der Waals surface area (Å²) in [4.78, 5) is 31.8. The van der Waals surface area contributed by atoms with Gasteiger partial charge in [-0.3, -0.25) is 14.4 Å². The summed E-state index contributed by atoms with van der Waals surface area (Å²) in [5.41, 5.74) is 0.726. The summed E-state index contributed by atoms with van der Waals surface area (Å²) < 4.78 is 28.1. The second-order valence-electron chi connectivity index (χ2n) is 10.6. The van der Waals surface area contributed by atoms with Gasteiger partial charge in [-0.2, -0.15) is 10.2 Å². The Hall–Kier alpha value is -6.63. The molecule has 0 amide bonds. The zero-order chi connectivity index (χ0) is 33.3. The van der Waals surface area contributed by atoms with E-state index < -0.39 is 19.0 Å². The highest BCUT2D eigenvalue weighted by Gasteiger charge is 2.29. The van der Waals surface area contributed by atoms with Gasteiger partial charge in [0.15, 0.2) is 5.82 Å². The van der Waals surface area contributed by atoms with Crippen LogP contribution in [0.2, 0.25) is 0 Å². The quantitative estimate of drug-likeness (QED) is 0.132. The lowest BCUT2D eigenvalue weighted by molar-refractivity contribution is 0.393. The van der Waals surface area contributed by atoms with Gasteiger partial charge < -0.3 is 14.2 Å². The van der Waals surface area contributed by atoms with E-state index >= 15 is 0 Å². The fourth-order valence-electron chi connectivity index (χ4n) is 5.24. The van der Waals surface area contributed by atoms with E-state index in [2.05, 4.69) is 16.1 Å². The van der Waals surface area contributed by atoms with E-state index in [1.165, 1.54) is 24.3 Å². The van der Waals surface area contributed by atoms with Gasteiger partial charge in [0.1, 0.15) is 17.2 Å². The Morgan fingerprint density at radius 1 is 0.729 bits per heavy atom. The van der Waals surface area contributed by atoms with Gasteiger partial charge in [-0.25, -0.2) is 13.9 Å².